The van der Waals surface area contributed by atoms with Crippen LogP contribution in [0, 0.1) is 0 Å². The maximum atomic E-state index is 12.1. The largest absolute Gasteiger partial charge is 0.479 e. The van der Waals surface area contributed by atoms with E-state index in [9.17, 15) is 22.8 Å². The minimum atomic E-state index is -5.15. The van der Waals surface area contributed by atoms with Gasteiger partial charge in [-0.05, 0) is 13.0 Å². The van der Waals surface area contributed by atoms with Gasteiger partial charge < -0.3 is 10.4 Å². The van der Waals surface area contributed by atoms with Gasteiger partial charge in [0.05, 0.1) is 0 Å². The molecule has 98 valence electrons. The number of amides is 1. The average Bonchev–Trinajstić information content (AvgIpc) is 2.28. The molecule has 1 atom stereocenters. The van der Waals surface area contributed by atoms with Gasteiger partial charge in [0.1, 0.15) is 0 Å². The molecule has 0 spiro atoms. The number of pyridine rings is 1. The molecule has 0 radical (unpaired) electrons. The monoisotopic (exact) mass is 262 g/mol. The van der Waals surface area contributed by atoms with Crippen LogP contribution in [-0.4, -0.2) is 28.1 Å². The Morgan fingerprint density at radius 2 is 2.00 bits per heavy atom. The molecule has 0 saturated heterocycles. The van der Waals surface area contributed by atoms with Crippen LogP contribution in [-0.2, 0) is 15.1 Å². The smallest absolute Gasteiger partial charge is 0.471 e. The van der Waals surface area contributed by atoms with Crippen molar-refractivity contribution in [3.63, 3.8) is 0 Å². The molecule has 2 N–H and O–H groups in total. The molecule has 0 saturated carbocycles. The van der Waals surface area contributed by atoms with Crippen LogP contribution in [0.5, 0.6) is 0 Å². The van der Waals surface area contributed by atoms with E-state index in [4.69, 9.17) is 5.11 Å². The van der Waals surface area contributed by atoms with Gasteiger partial charge in [-0.15, -0.1) is 0 Å². The van der Waals surface area contributed by atoms with Crippen molar-refractivity contribution in [2.45, 2.75) is 18.6 Å². The minimum Gasteiger partial charge on any atom is -0.479 e. The topological polar surface area (TPSA) is 79.3 Å². The highest BCUT2D eigenvalue weighted by Gasteiger charge is 2.46. The minimum absolute atomic E-state index is 0.0601. The number of aromatic nitrogens is 1. The Balaban J connectivity index is 3.11. The average molecular weight is 262 g/mol. The van der Waals surface area contributed by atoms with Crippen molar-refractivity contribution in [2.24, 2.45) is 0 Å². The summed E-state index contributed by atoms with van der Waals surface area (Å²) in [5, 5.41) is 10.4. The van der Waals surface area contributed by atoms with Crippen LogP contribution in [0.1, 0.15) is 12.5 Å². The van der Waals surface area contributed by atoms with Crippen molar-refractivity contribution >= 4 is 11.9 Å². The fourth-order valence-corrected chi connectivity index (χ4v) is 1.21. The third-order valence-corrected chi connectivity index (χ3v) is 2.29. The first kappa shape index (κ1) is 13.9. The Labute approximate surface area is 99.6 Å². The lowest BCUT2D eigenvalue weighted by atomic mass is 9.93. The van der Waals surface area contributed by atoms with Gasteiger partial charge in [-0.3, -0.25) is 9.78 Å². The molecule has 1 rings (SSSR count). The van der Waals surface area contributed by atoms with Crippen LogP contribution in [0.25, 0.3) is 0 Å². The Morgan fingerprint density at radius 1 is 1.39 bits per heavy atom. The summed E-state index contributed by atoms with van der Waals surface area (Å²) < 4.78 is 36.4. The molecule has 1 aromatic rings. The number of rotatable bonds is 3. The molecular weight excluding hydrogens is 253 g/mol. The molecule has 18 heavy (non-hydrogen) atoms. The first-order chi connectivity index (χ1) is 8.18. The highest BCUT2D eigenvalue weighted by atomic mass is 19.4. The maximum Gasteiger partial charge on any atom is 0.471 e. The number of carboxylic acid groups (broad SMARTS) is 1. The van der Waals surface area contributed by atoms with Gasteiger partial charge in [0, 0.05) is 18.0 Å². The standard InChI is InChI=1S/C10H9F3N2O3/c1-9(8(17)18,6-3-2-4-14-5-6)15-7(16)10(11,12)13/h2-5H,1H3,(H,15,16)(H,17,18). The molecule has 5 nitrogen and oxygen atoms in total. The number of nitrogens with one attached hydrogen (secondary N) is 1. The van der Waals surface area contributed by atoms with Gasteiger partial charge in [0.2, 0.25) is 0 Å². The lowest BCUT2D eigenvalue weighted by Crippen LogP contribution is -2.53. The molecule has 0 aliphatic rings. The lowest BCUT2D eigenvalue weighted by molar-refractivity contribution is -0.177. The van der Waals surface area contributed by atoms with Gasteiger partial charge in [-0.1, -0.05) is 6.07 Å². The zero-order valence-corrected chi connectivity index (χ0v) is 9.15. The number of nitrogens with zero attached hydrogens (tertiary/aromatic N) is 1. The molecule has 1 aromatic heterocycles. The van der Waals surface area contributed by atoms with E-state index >= 15 is 0 Å². The highest BCUT2D eigenvalue weighted by molar-refractivity contribution is 5.90. The van der Waals surface area contributed by atoms with Gasteiger partial charge in [0.25, 0.3) is 0 Å². The summed E-state index contributed by atoms with van der Waals surface area (Å²) in [7, 11) is 0. The van der Waals surface area contributed by atoms with Crippen molar-refractivity contribution in [1.82, 2.24) is 10.3 Å². The molecule has 0 fully saturated rings. The van der Waals surface area contributed by atoms with Crippen LogP contribution in [0.3, 0.4) is 0 Å². The number of halogens is 3. The van der Waals surface area contributed by atoms with Gasteiger partial charge in [-0.2, -0.15) is 13.2 Å². The van der Waals surface area contributed by atoms with E-state index in [1.165, 1.54) is 23.6 Å². The van der Waals surface area contributed by atoms with Crippen molar-refractivity contribution in [1.29, 1.82) is 0 Å². The molecule has 0 aromatic carbocycles. The second-order valence-electron chi connectivity index (χ2n) is 3.62. The molecule has 0 bridgehead atoms. The number of carbonyl (C=O) groups excluding carboxylic acids is 1. The van der Waals surface area contributed by atoms with Crippen molar-refractivity contribution in [2.75, 3.05) is 0 Å². The van der Waals surface area contributed by atoms with Crippen LogP contribution in [0.4, 0.5) is 13.2 Å². The summed E-state index contributed by atoms with van der Waals surface area (Å²) in [6.45, 7) is 0.954. The second-order valence-corrected chi connectivity index (χ2v) is 3.62. The first-order valence-corrected chi connectivity index (χ1v) is 4.71. The van der Waals surface area contributed by atoms with Crippen LogP contribution < -0.4 is 5.32 Å². The van der Waals surface area contributed by atoms with E-state index in [0.29, 0.717) is 0 Å². The molecule has 1 amide bonds. The Bertz CT molecular complexity index is 461. The summed E-state index contributed by atoms with van der Waals surface area (Å²) in [5.74, 6) is -3.94. The fourth-order valence-electron chi connectivity index (χ4n) is 1.21. The Kier molecular flexibility index (Phi) is 3.59. The number of carboxylic acids is 1. The molecular formula is C10H9F3N2O3. The molecule has 8 heteroatoms. The number of hydrogen-bond donors (Lipinski definition) is 2. The van der Waals surface area contributed by atoms with Gasteiger partial charge >= 0.3 is 18.1 Å². The van der Waals surface area contributed by atoms with E-state index in [0.717, 1.165) is 13.1 Å². The highest BCUT2D eigenvalue weighted by Crippen LogP contribution is 2.23. The van der Waals surface area contributed by atoms with Crippen LogP contribution >= 0.6 is 0 Å². The molecule has 1 heterocycles. The normalized spacial score (nSPS) is 14.7. The number of aliphatic carboxylic acids is 1. The summed E-state index contributed by atoms with van der Waals surface area (Å²) in [6, 6.07) is 2.62. The van der Waals surface area contributed by atoms with Crippen molar-refractivity contribution < 1.29 is 27.9 Å². The van der Waals surface area contributed by atoms with Crippen molar-refractivity contribution in [3.8, 4) is 0 Å². The van der Waals surface area contributed by atoms with Gasteiger partial charge in [0.15, 0.2) is 5.54 Å². The van der Waals surface area contributed by atoms with E-state index in [1.54, 1.807) is 0 Å². The number of hydrogen-bond acceptors (Lipinski definition) is 3. The van der Waals surface area contributed by atoms with E-state index in [1.807, 2.05) is 0 Å². The van der Waals surface area contributed by atoms with Crippen LogP contribution in [0.15, 0.2) is 24.5 Å². The summed E-state index contributed by atoms with van der Waals surface area (Å²) in [5.41, 5.74) is -2.25. The Hall–Kier alpha value is -2.12. The van der Waals surface area contributed by atoms with Gasteiger partial charge in [-0.25, -0.2) is 4.79 Å². The number of carbonyl (C=O) groups is 2. The quantitative estimate of drug-likeness (QED) is 0.853. The predicted octanol–water partition coefficient (Wildman–Crippen LogP) is 1.06. The zero-order valence-electron chi connectivity index (χ0n) is 9.15. The molecule has 0 aliphatic heterocycles. The first-order valence-electron chi connectivity index (χ1n) is 4.71. The Morgan fingerprint density at radius 3 is 2.39 bits per heavy atom. The van der Waals surface area contributed by atoms with Crippen molar-refractivity contribution in [3.05, 3.63) is 30.1 Å². The number of alkyl halides is 3. The third-order valence-electron chi connectivity index (χ3n) is 2.29. The summed E-state index contributed by atoms with van der Waals surface area (Å²) >= 11 is 0. The summed E-state index contributed by atoms with van der Waals surface area (Å²) in [6.07, 6.45) is -2.75. The predicted molar refractivity (Wildman–Crippen MR) is 53.4 cm³/mol. The third kappa shape index (κ3) is 2.76. The van der Waals surface area contributed by atoms with E-state index < -0.39 is 23.6 Å². The second kappa shape index (κ2) is 4.63. The maximum absolute atomic E-state index is 12.1. The molecule has 0 aliphatic carbocycles. The zero-order chi connectivity index (χ0) is 14.0. The van der Waals surface area contributed by atoms with Crippen LogP contribution in [0.2, 0.25) is 0 Å². The fraction of sp³-hybridized carbons (Fsp3) is 0.300. The van der Waals surface area contributed by atoms with E-state index in [2.05, 4.69) is 4.98 Å². The van der Waals surface area contributed by atoms with E-state index in [-0.39, 0.29) is 5.56 Å². The lowest BCUT2D eigenvalue weighted by Gasteiger charge is -2.26. The SMILES string of the molecule is CC(NC(=O)C(F)(F)F)(C(=O)O)c1cccnc1. The molecule has 1 unspecified atom stereocenters. The summed E-state index contributed by atoms with van der Waals surface area (Å²) in [4.78, 5) is 25.5.